The van der Waals surface area contributed by atoms with Crippen molar-refractivity contribution in [3.05, 3.63) is 163 Å². The van der Waals surface area contributed by atoms with E-state index < -0.39 is 0 Å². The average Bonchev–Trinajstić information content (AvgIpc) is 3.31. The van der Waals surface area contributed by atoms with E-state index >= 15 is 0 Å². The lowest BCUT2D eigenvalue weighted by atomic mass is 9.82. The third-order valence-corrected chi connectivity index (χ3v) is 9.81. The van der Waals surface area contributed by atoms with Gasteiger partial charge in [-0.1, -0.05) is 129 Å². The Kier molecular flexibility index (Phi) is 5.31. The smallest absolute Gasteiger partial charge is 0.0540 e. The zero-order valence-corrected chi connectivity index (χ0v) is 24.9. The van der Waals surface area contributed by atoms with Crippen LogP contribution in [0.4, 0.5) is 17.1 Å². The predicted octanol–water partition coefficient (Wildman–Crippen LogP) is 12.0. The molecule has 0 unspecified atom stereocenters. The van der Waals surface area contributed by atoms with Crippen molar-refractivity contribution in [3.8, 4) is 22.3 Å². The summed E-state index contributed by atoms with van der Waals surface area (Å²) in [5.41, 5.74) is 11.6. The molecule has 0 aliphatic heterocycles. The summed E-state index contributed by atoms with van der Waals surface area (Å²) in [4.78, 5) is 2.38. The fourth-order valence-electron chi connectivity index (χ4n) is 7.70. The molecule has 208 valence electrons. The molecule has 0 bridgehead atoms. The van der Waals surface area contributed by atoms with Crippen LogP contribution in [0.2, 0.25) is 0 Å². The third-order valence-electron chi connectivity index (χ3n) is 9.81. The Morgan fingerprint density at radius 2 is 1.00 bits per heavy atom. The number of para-hydroxylation sites is 2. The maximum Gasteiger partial charge on any atom is 0.0540 e. The van der Waals surface area contributed by atoms with Gasteiger partial charge in [-0.25, -0.2) is 0 Å². The Morgan fingerprint density at radius 1 is 0.432 bits per heavy atom. The molecular weight excluding hydrogens is 530 g/mol. The molecule has 0 aromatic heterocycles. The van der Waals surface area contributed by atoms with E-state index in [2.05, 4.69) is 170 Å². The molecule has 1 nitrogen and oxygen atoms in total. The Hall–Kier alpha value is -5.40. The summed E-state index contributed by atoms with van der Waals surface area (Å²) in [7, 11) is 0. The lowest BCUT2D eigenvalue weighted by Crippen LogP contribution is -2.14. The summed E-state index contributed by atoms with van der Waals surface area (Å²) < 4.78 is 0. The number of hydrogen-bond acceptors (Lipinski definition) is 1. The minimum Gasteiger partial charge on any atom is -0.310 e. The first-order valence-corrected chi connectivity index (χ1v) is 15.5. The van der Waals surface area contributed by atoms with Crippen LogP contribution in [-0.4, -0.2) is 0 Å². The van der Waals surface area contributed by atoms with Crippen LogP contribution in [-0.2, 0) is 5.41 Å². The Balaban J connectivity index is 1.29. The normalized spacial score (nSPS) is 13.4. The second-order valence-electron chi connectivity index (χ2n) is 12.6. The molecule has 0 saturated heterocycles. The van der Waals surface area contributed by atoms with Crippen molar-refractivity contribution >= 4 is 49.4 Å². The fourth-order valence-corrected chi connectivity index (χ4v) is 7.70. The van der Waals surface area contributed by atoms with E-state index in [4.69, 9.17) is 0 Å². The van der Waals surface area contributed by atoms with Crippen LogP contribution in [0.25, 0.3) is 54.6 Å². The highest BCUT2D eigenvalue weighted by Gasteiger charge is 2.35. The van der Waals surface area contributed by atoms with Crippen molar-refractivity contribution in [3.63, 3.8) is 0 Å². The van der Waals surface area contributed by atoms with Gasteiger partial charge in [-0.3, -0.25) is 0 Å². The van der Waals surface area contributed by atoms with Crippen molar-refractivity contribution < 1.29 is 0 Å². The summed E-state index contributed by atoms with van der Waals surface area (Å²) in [5, 5.41) is 7.76. The zero-order valence-electron chi connectivity index (χ0n) is 24.9. The molecule has 8 aromatic carbocycles. The molecule has 8 aromatic rings. The Morgan fingerprint density at radius 3 is 1.73 bits per heavy atom. The molecule has 1 aliphatic carbocycles. The van der Waals surface area contributed by atoms with E-state index in [0.717, 1.165) is 11.4 Å². The predicted molar refractivity (Wildman–Crippen MR) is 188 cm³/mol. The number of benzene rings is 8. The third kappa shape index (κ3) is 3.53. The Bertz CT molecular complexity index is 2310. The molecule has 0 atom stereocenters. The largest absolute Gasteiger partial charge is 0.310 e. The van der Waals surface area contributed by atoms with Gasteiger partial charge in [-0.15, -0.1) is 0 Å². The standard InChI is InChI=1S/C43H31N/c1-43(2)38-16-10-9-15-34(38)37-27-30(20-25-39(37)43)33-22-17-28-19-24-36-40(26-21-29-18-23-35(33)41(28)42(29)36)44(31-11-5-3-6-12-31)32-13-7-4-8-14-32/h3-27H,1-2H3. The molecular formula is C43H31N. The first-order chi connectivity index (χ1) is 21.6. The zero-order chi connectivity index (χ0) is 29.4. The summed E-state index contributed by atoms with van der Waals surface area (Å²) in [6.07, 6.45) is 0. The van der Waals surface area contributed by atoms with Gasteiger partial charge in [0.2, 0.25) is 0 Å². The first kappa shape index (κ1) is 25.1. The molecule has 0 radical (unpaired) electrons. The number of rotatable bonds is 4. The van der Waals surface area contributed by atoms with Gasteiger partial charge in [0.1, 0.15) is 0 Å². The lowest BCUT2D eigenvalue weighted by molar-refractivity contribution is 0.660. The highest BCUT2D eigenvalue weighted by molar-refractivity contribution is 6.27. The van der Waals surface area contributed by atoms with Gasteiger partial charge in [0, 0.05) is 22.2 Å². The molecule has 0 spiro atoms. The highest BCUT2D eigenvalue weighted by atomic mass is 15.1. The monoisotopic (exact) mass is 561 g/mol. The minimum absolute atomic E-state index is 0.00684. The molecule has 0 N–H and O–H groups in total. The number of nitrogens with zero attached hydrogens (tertiary/aromatic N) is 1. The van der Waals surface area contributed by atoms with Crippen LogP contribution in [0, 0.1) is 0 Å². The Labute approximate surface area is 258 Å². The van der Waals surface area contributed by atoms with Crippen molar-refractivity contribution in [2.24, 2.45) is 0 Å². The number of hydrogen-bond donors (Lipinski definition) is 0. The molecule has 0 amide bonds. The average molecular weight is 562 g/mol. The van der Waals surface area contributed by atoms with Crippen molar-refractivity contribution in [2.45, 2.75) is 19.3 Å². The van der Waals surface area contributed by atoms with E-state index in [9.17, 15) is 0 Å². The van der Waals surface area contributed by atoms with Gasteiger partial charge in [-0.05, 0) is 96.7 Å². The van der Waals surface area contributed by atoms with Crippen molar-refractivity contribution in [1.82, 2.24) is 0 Å². The van der Waals surface area contributed by atoms with Gasteiger partial charge >= 0.3 is 0 Å². The van der Waals surface area contributed by atoms with Crippen LogP contribution in [0.15, 0.2) is 152 Å². The van der Waals surface area contributed by atoms with E-state index in [1.807, 2.05) is 0 Å². The van der Waals surface area contributed by atoms with Gasteiger partial charge in [0.05, 0.1) is 5.69 Å². The van der Waals surface area contributed by atoms with Gasteiger partial charge < -0.3 is 4.90 Å². The molecule has 1 heteroatoms. The SMILES string of the molecule is CC1(C)c2ccccc2-c2cc(-c3ccc4ccc5c(N(c6ccccc6)c6ccccc6)ccc6ccc3c4c65)ccc21. The quantitative estimate of drug-likeness (QED) is 0.193. The van der Waals surface area contributed by atoms with Crippen molar-refractivity contribution in [2.75, 3.05) is 4.90 Å². The minimum atomic E-state index is 0.00684. The first-order valence-electron chi connectivity index (χ1n) is 15.5. The molecule has 44 heavy (non-hydrogen) atoms. The molecule has 0 saturated carbocycles. The van der Waals surface area contributed by atoms with Gasteiger partial charge in [0.25, 0.3) is 0 Å². The second-order valence-corrected chi connectivity index (χ2v) is 12.6. The number of anilines is 3. The topological polar surface area (TPSA) is 3.24 Å². The highest BCUT2D eigenvalue weighted by Crippen LogP contribution is 2.50. The van der Waals surface area contributed by atoms with Crippen LogP contribution in [0.1, 0.15) is 25.0 Å². The van der Waals surface area contributed by atoms with E-state index in [1.165, 1.54) is 71.4 Å². The maximum absolute atomic E-state index is 2.42. The molecule has 1 aliphatic rings. The van der Waals surface area contributed by atoms with Gasteiger partial charge in [-0.2, -0.15) is 0 Å². The fraction of sp³-hybridized carbons (Fsp3) is 0.0698. The van der Waals surface area contributed by atoms with Crippen LogP contribution < -0.4 is 4.90 Å². The summed E-state index contributed by atoms with van der Waals surface area (Å²) in [6.45, 7) is 4.69. The maximum atomic E-state index is 2.42. The van der Waals surface area contributed by atoms with E-state index in [1.54, 1.807) is 0 Å². The van der Waals surface area contributed by atoms with Gasteiger partial charge in [0.15, 0.2) is 0 Å². The summed E-state index contributed by atoms with van der Waals surface area (Å²) in [5.74, 6) is 0. The molecule has 9 rings (SSSR count). The van der Waals surface area contributed by atoms with E-state index in [0.29, 0.717) is 0 Å². The second kappa shape index (κ2) is 9.30. The summed E-state index contributed by atoms with van der Waals surface area (Å²) >= 11 is 0. The number of fused-ring (bicyclic) bond motifs is 3. The molecule has 0 fully saturated rings. The van der Waals surface area contributed by atoms with E-state index in [-0.39, 0.29) is 5.41 Å². The lowest BCUT2D eigenvalue weighted by Gasteiger charge is -2.27. The summed E-state index contributed by atoms with van der Waals surface area (Å²) in [6, 6.07) is 55.8. The van der Waals surface area contributed by atoms with Crippen LogP contribution in [0.3, 0.4) is 0 Å². The van der Waals surface area contributed by atoms with Crippen molar-refractivity contribution in [1.29, 1.82) is 0 Å². The van der Waals surface area contributed by atoms with Crippen LogP contribution in [0.5, 0.6) is 0 Å². The van der Waals surface area contributed by atoms with Crippen LogP contribution >= 0.6 is 0 Å². The molecule has 0 heterocycles.